The molecule has 20 heavy (non-hydrogen) atoms. The molecule has 0 spiro atoms. The van der Waals surface area contributed by atoms with Gasteiger partial charge in [0.25, 0.3) is 0 Å². The highest BCUT2D eigenvalue weighted by Gasteiger charge is 2.37. The van der Waals surface area contributed by atoms with Gasteiger partial charge in [-0.05, 0) is 24.5 Å². The van der Waals surface area contributed by atoms with E-state index in [4.69, 9.17) is 4.74 Å². The maximum atomic E-state index is 5.76. The Morgan fingerprint density at radius 2 is 1.55 bits per heavy atom. The van der Waals surface area contributed by atoms with Crippen LogP contribution in [0.25, 0.3) is 0 Å². The van der Waals surface area contributed by atoms with Gasteiger partial charge in [0, 0.05) is 5.75 Å². The number of hydrogen-bond donors (Lipinski definition) is 0. The molecule has 0 saturated carbocycles. The molecular formula is C18H36OS. The van der Waals surface area contributed by atoms with Crippen molar-refractivity contribution in [3.63, 3.8) is 0 Å². The van der Waals surface area contributed by atoms with Gasteiger partial charge in [0.1, 0.15) is 0 Å². The van der Waals surface area contributed by atoms with Gasteiger partial charge in [0.2, 0.25) is 0 Å². The molecule has 1 rings (SSSR count). The smallest absolute Gasteiger partial charge is 0.0931 e. The van der Waals surface area contributed by atoms with Crippen LogP contribution in [0.2, 0.25) is 0 Å². The highest BCUT2D eigenvalue weighted by atomic mass is 32.2. The van der Waals surface area contributed by atoms with Gasteiger partial charge < -0.3 is 4.74 Å². The van der Waals surface area contributed by atoms with Gasteiger partial charge in [-0.25, -0.2) is 0 Å². The minimum atomic E-state index is 0.594. The molecule has 0 aliphatic carbocycles. The third-order valence-corrected chi connectivity index (χ3v) is 5.24. The lowest BCUT2D eigenvalue weighted by Crippen LogP contribution is -1.99. The highest BCUT2D eigenvalue weighted by molar-refractivity contribution is 7.99. The minimum Gasteiger partial charge on any atom is -0.369 e. The van der Waals surface area contributed by atoms with Crippen molar-refractivity contribution >= 4 is 11.8 Å². The Bertz CT molecular complexity index is 217. The molecule has 0 radical (unpaired) electrons. The van der Waals surface area contributed by atoms with Gasteiger partial charge in [0.15, 0.2) is 0 Å². The van der Waals surface area contributed by atoms with Crippen molar-refractivity contribution in [3.8, 4) is 0 Å². The van der Waals surface area contributed by atoms with Crippen molar-refractivity contribution in [1.29, 1.82) is 0 Å². The average molecular weight is 301 g/mol. The van der Waals surface area contributed by atoms with Crippen LogP contribution in [0.3, 0.4) is 0 Å². The van der Waals surface area contributed by atoms with E-state index in [9.17, 15) is 0 Å². The lowest BCUT2D eigenvalue weighted by atomic mass is 10.1. The Labute approximate surface area is 131 Å². The summed E-state index contributed by atoms with van der Waals surface area (Å²) < 4.78 is 5.76. The molecule has 0 amide bonds. The summed E-state index contributed by atoms with van der Waals surface area (Å²) in [6, 6.07) is 0. The lowest BCUT2D eigenvalue weighted by molar-refractivity contribution is 0.366. The van der Waals surface area contributed by atoms with E-state index in [1.165, 1.54) is 75.7 Å². The number of rotatable bonds is 14. The van der Waals surface area contributed by atoms with E-state index in [1.807, 2.05) is 0 Å². The maximum Gasteiger partial charge on any atom is 0.0931 e. The first kappa shape index (κ1) is 18.4. The van der Waals surface area contributed by atoms with Gasteiger partial charge in [0.05, 0.1) is 12.2 Å². The van der Waals surface area contributed by atoms with E-state index in [0.29, 0.717) is 12.2 Å². The van der Waals surface area contributed by atoms with Crippen molar-refractivity contribution in [3.05, 3.63) is 0 Å². The molecule has 2 atom stereocenters. The van der Waals surface area contributed by atoms with Crippen LogP contribution in [-0.2, 0) is 4.74 Å². The second-order valence-electron chi connectivity index (χ2n) is 6.73. The van der Waals surface area contributed by atoms with E-state index in [1.54, 1.807) is 0 Å². The van der Waals surface area contributed by atoms with Crippen molar-refractivity contribution in [2.45, 2.75) is 97.2 Å². The first-order valence-electron chi connectivity index (χ1n) is 8.97. The van der Waals surface area contributed by atoms with Gasteiger partial charge in [-0.1, -0.05) is 72.1 Å². The van der Waals surface area contributed by atoms with Crippen molar-refractivity contribution in [2.24, 2.45) is 5.92 Å². The molecule has 1 nitrogen and oxygen atoms in total. The van der Waals surface area contributed by atoms with Crippen LogP contribution >= 0.6 is 11.8 Å². The van der Waals surface area contributed by atoms with E-state index in [0.717, 1.165) is 5.92 Å². The first-order valence-corrected chi connectivity index (χ1v) is 10.1. The molecule has 1 aliphatic heterocycles. The molecule has 1 fully saturated rings. The molecule has 1 heterocycles. The summed E-state index contributed by atoms with van der Waals surface area (Å²) in [5.74, 6) is 3.38. The molecule has 2 unspecified atom stereocenters. The van der Waals surface area contributed by atoms with Crippen LogP contribution in [0.5, 0.6) is 0 Å². The topological polar surface area (TPSA) is 12.5 Å². The van der Waals surface area contributed by atoms with E-state index in [-0.39, 0.29) is 0 Å². The van der Waals surface area contributed by atoms with E-state index in [2.05, 4.69) is 32.5 Å². The number of unbranched alkanes of at least 4 members (excludes halogenated alkanes) is 7. The quantitative estimate of drug-likeness (QED) is 0.285. The fourth-order valence-corrected chi connectivity index (χ4v) is 3.91. The number of thioether (sulfide) groups is 1. The van der Waals surface area contributed by atoms with Crippen LogP contribution in [0, 0.1) is 5.92 Å². The zero-order chi connectivity index (χ0) is 14.6. The Morgan fingerprint density at radius 1 is 0.900 bits per heavy atom. The van der Waals surface area contributed by atoms with Crippen LogP contribution in [0.15, 0.2) is 0 Å². The minimum absolute atomic E-state index is 0.594. The lowest BCUT2D eigenvalue weighted by Gasteiger charge is -2.02. The Balaban J connectivity index is 1.76. The van der Waals surface area contributed by atoms with Crippen LogP contribution < -0.4 is 0 Å². The summed E-state index contributed by atoms with van der Waals surface area (Å²) in [5, 5.41) is 0. The molecular weight excluding hydrogens is 264 g/mol. The van der Waals surface area contributed by atoms with Crippen molar-refractivity contribution in [2.75, 3.05) is 11.5 Å². The Morgan fingerprint density at radius 3 is 2.20 bits per heavy atom. The van der Waals surface area contributed by atoms with Crippen LogP contribution in [0.1, 0.15) is 85.0 Å². The third kappa shape index (κ3) is 10.1. The molecule has 0 aromatic heterocycles. The predicted molar refractivity (Wildman–Crippen MR) is 92.7 cm³/mol. The Hall–Kier alpha value is 0.310. The van der Waals surface area contributed by atoms with E-state index < -0.39 is 0 Å². The third-order valence-electron chi connectivity index (χ3n) is 4.15. The molecule has 0 aromatic carbocycles. The average Bonchev–Trinajstić information content (AvgIpc) is 3.16. The second-order valence-corrected chi connectivity index (χ2v) is 7.88. The predicted octanol–water partition coefficient (Wildman–Crippen LogP) is 6.06. The monoisotopic (exact) mass is 300 g/mol. The molecule has 1 saturated heterocycles. The fraction of sp³-hybridized carbons (Fsp3) is 1.00. The van der Waals surface area contributed by atoms with Gasteiger partial charge in [-0.15, -0.1) is 0 Å². The second kappa shape index (κ2) is 11.9. The molecule has 1 aliphatic rings. The normalized spacial score (nSPS) is 21.6. The molecule has 0 aromatic rings. The van der Waals surface area contributed by atoms with E-state index >= 15 is 0 Å². The highest BCUT2D eigenvalue weighted by Crippen LogP contribution is 2.30. The van der Waals surface area contributed by atoms with Gasteiger partial charge >= 0.3 is 0 Å². The SMILES string of the molecule is CCCCCCCCCCC1OC1CSCCC(C)C. The first-order chi connectivity index (χ1) is 9.74. The summed E-state index contributed by atoms with van der Waals surface area (Å²) in [5.41, 5.74) is 0. The van der Waals surface area contributed by atoms with Gasteiger partial charge in [-0.2, -0.15) is 11.8 Å². The van der Waals surface area contributed by atoms with Crippen molar-refractivity contribution in [1.82, 2.24) is 0 Å². The van der Waals surface area contributed by atoms with Crippen LogP contribution in [0.4, 0.5) is 0 Å². The Kier molecular flexibility index (Phi) is 10.9. The molecule has 2 heteroatoms. The van der Waals surface area contributed by atoms with Crippen LogP contribution in [-0.4, -0.2) is 23.7 Å². The number of ether oxygens (including phenoxy) is 1. The number of hydrogen-bond acceptors (Lipinski definition) is 2. The summed E-state index contributed by atoms with van der Waals surface area (Å²) in [4.78, 5) is 0. The van der Waals surface area contributed by atoms with Gasteiger partial charge in [-0.3, -0.25) is 0 Å². The van der Waals surface area contributed by atoms with Crippen molar-refractivity contribution < 1.29 is 4.74 Å². The zero-order valence-corrected chi connectivity index (χ0v) is 14.9. The molecule has 0 N–H and O–H groups in total. The fourth-order valence-electron chi connectivity index (χ4n) is 2.58. The molecule has 120 valence electrons. The zero-order valence-electron chi connectivity index (χ0n) is 14.0. The maximum absolute atomic E-state index is 5.76. The summed E-state index contributed by atoms with van der Waals surface area (Å²) in [6.07, 6.45) is 15.2. The molecule has 0 bridgehead atoms. The summed E-state index contributed by atoms with van der Waals surface area (Å²) in [7, 11) is 0. The summed E-state index contributed by atoms with van der Waals surface area (Å²) >= 11 is 2.09. The number of epoxide rings is 1. The standard InChI is InChI=1S/C18H36OS/c1-4-5-6-7-8-9-10-11-12-17-18(19-17)15-20-14-13-16(2)3/h16-18H,4-15H2,1-3H3. The summed E-state index contributed by atoms with van der Waals surface area (Å²) in [6.45, 7) is 6.89. The largest absolute Gasteiger partial charge is 0.369 e.